The van der Waals surface area contributed by atoms with Gasteiger partial charge in [0, 0.05) is 38.0 Å². The third-order valence-electron chi connectivity index (χ3n) is 3.61. The zero-order valence-corrected chi connectivity index (χ0v) is 15.5. The van der Waals surface area contributed by atoms with Crippen molar-refractivity contribution in [3.8, 4) is 0 Å². The third kappa shape index (κ3) is 7.22. The molecule has 22 heavy (non-hydrogen) atoms. The van der Waals surface area contributed by atoms with Gasteiger partial charge in [-0.25, -0.2) is 4.98 Å². The van der Waals surface area contributed by atoms with E-state index < -0.39 is 0 Å². The van der Waals surface area contributed by atoms with Crippen molar-refractivity contribution in [2.75, 3.05) is 40.3 Å². The summed E-state index contributed by atoms with van der Waals surface area (Å²) in [5.41, 5.74) is 1.15. The number of aryl methyl sites for hydroxylation is 2. The summed E-state index contributed by atoms with van der Waals surface area (Å²) < 4.78 is 0. The van der Waals surface area contributed by atoms with Gasteiger partial charge in [0.05, 0.1) is 10.7 Å². The topological polar surface area (TPSA) is 52.5 Å². The lowest BCUT2D eigenvalue weighted by Gasteiger charge is -2.17. The number of aliphatic imine (C=N–C) groups is 1. The molecule has 6 heteroatoms. The Labute approximate surface area is 139 Å². The molecule has 0 aliphatic carbocycles. The van der Waals surface area contributed by atoms with E-state index in [4.69, 9.17) is 0 Å². The van der Waals surface area contributed by atoms with Gasteiger partial charge < -0.3 is 15.5 Å². The second kappa shape index (κ2) is 10.6. The molecule has 0 saturated heterocycles. The summed E-state index contributed by atoms with van der Waals surface area (Å²) in [5.74, 6) is 0.869. The number of unbranched alkanes of at least 4 members (excludes halogenated alkanes) is 1. The fourth-order valence-corrected chi connectivity index (χ4v) is 2.99. The van der Waals surface area contributed by atoms with Gasteiger partial charge in [0.25, 0.3) is 0 Å². The van der Waals surface area contributed by atoms with E-state index >= 15 is 0 Å². The third-order valence-corrected chi connectivity index (χ3v) is 4.74. The standard InChI is InChI=1S/C16H31N5S/c1-6-7-11-21(5)12-10-19-16(17-4)18-9-8-15-20-13(2)14(3)22-15/h6-12H2,1-5H3,(H2,17,18,19). The van der Waals surface area contributed by atoms with E-state index in [0.29, 0.717) is 0 Å². The predicted molar refractivity (Wildman–Crippen MR) is 97.1 cm³/mol. The highest BCUT2D eigenvalue weighted by molar-refractivity contribution is 7.11. The van der Waals surface area contributed by atoms with Crippen LogP contribution in [0, 0.1) is 13.8 Å². The van der Waals surface area contributed by atoms with Gasteiger partial charge in [0.1, 0.15) is 0 Å². The maximum atomic E-state index is 4.56. The number of rotatable bonds is 9. The molecule has 0 fully saturated rings. The van der Waals surface area contributed by atoms with E-state index in [9.17, 15) is 0 Å². The van der Waals surface area contributed by atoms with E-state index in [1.807, 2.05) is 7.05 Å². The zero-order chi connectivity index (χ0) is 16.4. The molecule has 0 saturated carbocycles. The Bertz CT molecular complexity index is 436. The summed E-state index contributed by atoms with van der Waals surface area (Å²) in [5, 5.41) is 7.90. The minimum absolute atomic E-state index is 0.859. The Kier molecular flexibility index (Phi) is 9.08. The number of thiazole rings is 1. The van der Waals surface area contributed by atoms with Crippen LogP contribution in [-0.2, 0) is 6.42 Å². The first-order valence-electron chi connectivity index (χ1n) is 8.12. The number of nitrogens with zero attached hydrogens (tertiary/aromatic N) is 3. The Morgan fingerprint density at radius 2 is 1.95 bits per heavy atom. The Balaban J connectivity index is 2.19. The Morgan fingerprint density at radius 3 is 2.55 bits per heavy atom. The van der Waals surface area contributed by atoms with Crippen molar-refractivity contribution in [2.24, 2.45) is 4.99 Å². The first-order valence-corrected chi connectivity index (χ1v) is 8.94. The molecule has 0 radical (unpaired) electrons. The fraction of sp³-hybridized carbons (Fsp3) is 0.750. The molecule has 126 valence electrons. The highest BCUT2D eigenvalue weighted by Gasteiger charge is 2.04. The molecule has 0 atom stereocenters. The summed E-state index contributed by atoms with van der Waals surface area (Å²) in [4.78, 5) is 12.5. The average Bonchev–Trinajstić information content (AvgIpc) is 2.82. The highest BCUT2D eigenvalue weighted by atomic mass is 32.1. The van der Waals surface area contributed by atoms with Crippen molar-refractivity contribution in [3.63, 3.8) is 0 Å². The summed E-state index contributed by atoms with van der Waals surface area (Å²) in [6.45, 7) is 10.4. The minimum Gasteiger partial charge on any atom is -0.356 e. The van der Waals surface area contributed by atoms with Crippen LogP contribution in [0.3, 0.4) is 0 Å². The molecular formula is C16H31N5S. The number of aromatic nitrogens is 1. The van der Waals surface area contributed by atoms with Crippen molar-refractivity contribution in [3.05, 3.63) is 15.6 Å². The molecule has 2 N–H and O–H groups in total. The van der Waals surface area contributed by atoms with E-state index in [0.717, 1.165) is 44.3 Å². The zero-order valence-electron chi connectivity index (χ0n) is 14.7. The number of likely N-dealkylation sites (N-methyl/N-ethyl adjacent to an activating group) is 1. The van der Waals surface area contributed by atoms with Crippen molar-refractivity contribution in [1.29, 1.82) is 0 Å². The first-order chi connectivity index (χ1) is 10.6. The summed E-state index contributed by atoms with van der Waals surface area (Å²) in [6.07, 6.45) is 3.45. The molecule has 0 unspecified atom stereocenters. The highest BCUT2D eigenvalue weighted by Crippen LogP contribution is 2.16. The first kappa shape index (κ1) is 18.9. The van der Waals surface area contributed by atoms with Crippen LogP contribution in [0.2, 0.25) is 0 Å². The Morgan fingerprint density at radius 1 is 1.23 bits per heavy atom. The molecule has 0 spiro atoms. The molecule has 0 aromatic carbocycles. The smallest absolute Gasteiger partial charge is 0.191 e. The number of hydrogen-bond donors (Lipinski definition) is 2. The molecule has 0 amide bonds. The predicted octanol–water partition coefficient (Wildman–Crippen LogP) is 2.20. The van der Waals surface area contributed by atoms with E-state index in [1.54, 1.807) is 11.3 Å². The largest absolute Gasteiger partial charge is 0.356 e. The fourth-order valence-electron chi connectivity index (χ4n) is 2.06. The maximum Gasteiger partial charge on any atom is 0.191 e. The molecule has 0 aliphatic heterocycles. The lowest BCUT2D eigenvalue weighted by atomic mass is 10.3. The SMILES string of the molecule is CCCCN(C)CCNC(=NC)NCCc1nc(C)c(C)s1. The van der Waals surface area contributed by atoms with Crippen LogP contribution >= 0.6 is 11.3 Å². The van der Waals surface area contributed by atoms with Crippen LogP contribution in [0.15, 0.2) is 4.99 Å². The molecule has 1 rings (SSSR count). The van der Waals surface area contributed by atoms with Crippen molar-refractivity contribution >= 4 is 17.3 Å². The Hall–Kier alpha value is -1.14. The quantitative estimate of drug-likeness (QED) is 0.540. The van der Waals surface area contributed by atoms with Gasteiger partial charge in [-0.3, -0.25) is 4.99 Å². The van der Waals surface area contributed by atoms with E-state index in [2.05, 4.69) is 53.3 Å². The summed E-state index contributed by atoms with van der Waals surface area (Å²) in [7, 11) is 3.98. The van der Waals surface area contributed by atoms with Crippen molar-refractivity contribution in [1.82, 2.24) is 20.5 Å². The van der Waals surface area contributed by atoms with Gasteiger partial charge in [-0.05, 0) is 33.9 Å². The molecule has 5 nitrogen and oxygen atoms in total. The lowest BCUT2D eigenvalue weighted by molar-refractivity contribution is 0.332. The normalized spacial score (nSPS) is 12.0. The molecule has 1 heterocycles. The van der Waals surface area contributed by atoms with Gasteiger partial charge in [0.2, 0.25) is 0 Å². The van der Waals surface area contributed by atoms with Gasteiger partial charge >= 0.3 is 0 Å². The number of hydrogen-bond acceptors (Lipinski definition) is 4. The van der Waals surface area contributed by atoms with Gasteiger partial charge in [-0.15, -0.1) is 11.3 Å². The summed E-state index contributed by atoms with van der Waals surface area (Å²) in [6, 6.07) is 0. The molecule has 0 aliphatic rings. The number of guanidine groups is 1. The molecular weight excluding hydrogens is 294 g/mol. The van der Waals surface area contributed by atoms with Crippen LogP contribution in [-0.4, -0.2) is 56.1 Å². The van der Waals surface area contributed by atoms with E-state index in [-0.39, 0.29) is 0 Å². The molecule has 1 aromatic rings. The summed E-state index contributed by atoms with van der Waals surface area (Å²) >= 11 is 1.78. The number of nitrogens with one attached hydrogen (secondary N) is 2. The van der Waals surface area contributed by atoms with Crippen molar-refractivity contribution in [2.45, 2.75) is 40.0 Å². The van der Waals surface area contributed by atoms with E-state index in [1.165, 1.54) is 22.7 Å². The van der Waals surface area contributed by atoms with Crippen LogP contribution in [0.1, 0.15) is 35.3 Å². The maximum absolute atomic E-state index is 4.56. The van der Waals surface area contributed by atoms with Gasteiger partial charge in [0.15, 0.2) is 5.96 Å². The minimum atomic E-state index is 0.859. The van der Waals surface area contributed by atoms with Crippen LogP contribution in [0.25, 0.3) is 0 Å². The molecule has 1 aromatic heterocycles. The second-order valence-electron chi connectivity index (χ2n) is 5.58. The van der Waals surface area contributed by atoms with Crippen LogP contribution < -0.4 is 10.6 Å². The second-order valence-corrected chi connectivity index (χ2v) is 6.87. The van der Waals surface area contributed by atoms with Gasteiger partial charge in [-0.2, -0.15) is 0 Å². The lowest BCUT2D eigenvalue weighted by Crippen LogP contribution is -2.41. The van der Waals surface area contributed by atoms with Crippen LogP contribution in [0.5, 0.6) is 0 Å². The van der Waals surface area contributed by atoms with Gasteiger partial charge in [-0.1, -0.05) is 13.3 Å². The monoisotopic (exact) mass is 325 g/mol. The van der Waals surface area contributed by atoms with Crippen molar-refractivity contribution < 1.29 is 0 Å². The average molecular weight is 326 g/mol. The van der Waals surface area contributed by atoms with Crippen LogP contribution in [0.4, 0.5) is 0 Å². The molecule has 0 bridgehead atoms.